The molecule has 2 heterocycles. The van der Waals surface area contributed by atoms with Gasteiger partial charge in [0.15, 0.2) is 0 Å². The van der Waals surface area contributed by atoms with Gasteiger partial charge < -0.3 is 19.8 Å². The summed E-state index contributed by atoms with van der Waals surface area (Å²) in [5.74, 6) is 0.514. The minimum Gasteiger partial charge on any atom is -0.497 e. The van der Waals surface area contributed by atoms with Crippen molar-refractivity contribution < 1.29 is 23.9 Å². The van der Waals surface area contributed by atoms with Gasteiger partial charge in [-0.1, -0.05) is 18.2 Å². The fourth-order valence-electron chi connectivity index (χ4n) is 4.43. The van der Waals surface area contributed by atoms with Gasteiger partial charge in [-0.25, -0.2) is 5.01 Å². The van der Waals surface area contributed by atoms with Crippen molar-refractivity contribution in [2.75, 3.05) is 33.9 Å². The van der Waals surface area contributed by atoms with Crippen molar-refractivity contribution in [1.82, 2.24) is 20.3 Å². The molecule has 0 aliphatic carbocycles. The molecule has 3 amide bonds. The summed E-state index contributed by atoms with van der Waals surface area (Å²) in [4.78, 5) is 41.2. The molecule has 1 aromatic heterocycles. The first kappa shape index (κ1) is 25.8. The van der Waals surface area contributed by atoms with E-state index in [1.54, 1.807) is 38.5 Å². The maximum Gasteiger partial charge on any atom is 0.265 e. The maximum absolute atomic E-state index is 12.9. The van der Waals surface area contributed by atoms with Crippen LogP contribution < -0.4 is 14.8 Å². The van der Waals surface area contributed by atoms with Gasteiger partial charge in [-0.05, 0) is 48.7 Å². The first-order valence-corrected chi connectivity index (χ1v) is 12.3. The number of carbonyl (C=O) groups is 3. The number of hydrogen-bond donors (Lipinski definition) is 2. The van der Waals surface area contributed by atoms with Gasteiger partial charge in [-0.15, -0.1) is 0 Å². The van der Waals surface area contributed by atoms with Crippen LogP contribution in [0.3, 0.4) is 0 Å². The first-order valence-electron chi connectivity index (χ1n) is 12.3. The van der Waals surface area contributed by atoms with E-state index in [1.165, 1.54) is 16.1 Å². The second-order valence-corrected chi connectivity index (χ2v) is 8.73. The Morgan fingerprint density at radius 2 is 1.84 bits per heavy atom. The summed E-state index contributed by atoms with van der Waals surface area (Å²) < 4.78 is 10.6. The Bertz CT molecular complexity index is 1300. The number of aromatic nitrogens is 1. The minimum absolute atomic E-state index is 0.0378. The number of rotatable bonds is 10. The van der Waals surface area contributed by atoms with Crippen molar-refractivity contribution >= 4 is 34.7 Å². The average Bonchev–Trinajstić information content (AvgIpc) is 3.58. The van der Waals surface area contributed by atoms with Gasteiger partial charge in [0, 0.05) is 61.2 Å². The second kappa shape index (κ2) is 12.1. The highest BCUT2D eigenvalue weighted by molar-refractivity contribution is 5.94. The lowest BCUT2D eigenvalue weighted by Crippen LogP contribution is -2.44. The Morgan fingerprint density at radius 3 is 2.65 bits per heavy atom. The number of nitrogens with zero attached hydrogens (tertiary/aromatic N) is 2. The summed E-state index contributed by atoms with van der Waals surface area (Å²) in [6, 6.07) is 13.3. The number of nitrogens with one attached hydrogen (secondary N) is 2. The number of aromatic amines is 1. The maximum atomic E-state index is 12.9. The SMILES string of the molecule is COc1ccc(OC)c(C=CC(=O)N2CCCN2C(=O)CCC(=O)NCCc2c[nH]c3ccccc23)c1. The number of hydrazine groups is 1. The van der Waals surface area contributed by atoms with Gasteiger partial charge in [0.05, 0.1) is 14.2 Å². The van der Waals surface area contributed by atoms with E-state index in [2.05, 4.69) is 10.3 Å². The Balaban J connectivity index is 1.26. The molecule has 0 bridgehead atoms. The third-order valence-electron chi connectivity index (χ3n) is 6.37. The molecule has 0 spiro atoms. The van der Waals surface area contributed by atoms with Crippen LogP contribution in [-0.4, -0.2) is 66.6 Å². The molecular formula is C28H32N4O5. The van der Waals surface area contributed by atoms with Crippen molar-refractivity contribution in [2.45, 2.75) is 25.7 Å². The van der Waals surface area contributed by atoms with Gasteiger partial charge in [-0.3, -0.25) is 19.4 Å². The largest absolute Gasteiger partial charge is 0.497 e. The normalized spacial score (nSPS) is 13.4. The molecule has 2 N–H and O–H groups in total. The number of methoxy groups -OCH3 is 2. The number of benzene rings is 2. The van der Waals surface area contributed by atoms with Gasteiger partial charge in [0.25, 0.3) is 5.91 Å². The van der Waals surface area contributed by atoms with Gasteiger partial charge in [0.2, 0.25) is 11.8 Å². The first-order chi connectivity index (χ1) is 18.0. The van der Waals surface area contributed by atoms with E-state index in [1.807, 2.05) is 30.5 Å². The van der Waals surface area contributed by atoms with Crippen molar-refractivity contribution in [2.24, 2.45) is 0 Å². The summed E-state index contributed by atoms with van der Waals surface area (Å²) in [5, 5.41) is 6.90. The standard InChI is InChI=1S/C28H32N4O5/c1-36-22-9-10-25(37-2)20(18-22)8-12-27(34)31-16-5-17-32(31)28(35)13-11-26(33)29-15-14-21-19-30-24-7-4-3-6-23(21)24/h3-4,6-10,12,18-19,30H,5,11,13-17H2,1-2H3,(H,29,33). The number of amides is 3. The molecule has 4 rings (SSSR count). The van der Waals surface area contributed by atoms with Crippen LogP contribution in [-0.2, 0) is 20.8 Å². The van der Waals surface area contributed by atoms with Crippen LogP contribution in [0.1, 0.15) is 30.4 Å². The van der Waals surface area contributed by atoms with E-state index in [0.29, 0.717) is 49.5 Å². The number of fused-ring (bicyclic) bond motifs is 1. The average molecular weight is 505 g/mol. The van der Waals surface area contributed by atoms with Gasteiger partial charge >= 0.3 is 0 Å². The van der Waals surface area contributed by atoms with Crippen molar-refractivity contribution in [3.8, 4) is 11.5 Å². The van der Waals surface area contributed by atoms with Crippen molar-refractivity contribution in [3.05, 3.63) is 65.9 Å². The molecule has 1 saturated heterocycles. The Kier molecular flexibility index (Phi) is 8.45. The molecule has 9 heteroatoms. The summed E-state index contributed by atoms with van der Waals surface area (Å²) in [6.45, 7) is 1.38. The second-order valence-electron chi connectivity index (χ2n) is 8.73. The molecule has 1 aliphatic heterocycles. The molecule has 0 saturated carbocycles. The van der Waals surface area contributed by atoms with E-state index in [0.717, 1.165) is 16.5 Å². The summed E-state index contributed by atoms with van der Waals surface area (Å²) in [6.07, 6.45) is 6.51. The fourth-order valence-corrected chi connectivity index (χ4v) is 4.43. The molecule has 3 aromatic rings. The molecule has 9 nitrogen and oxygen atoms in total. The van der Waals surface area contributed by atoms with Crippen LogP contribution in [0, 0.1) is 0 Å². The monoisotopic (exact) mass is 504 g/mol. The zero-order chi connectivity index (χ0) is 26.2. The predicted molar refractivity (Wildman–Crippen MR) is 141 cm³/mol. The number of ether oxygens (including phenoxy) is 2. The number of carbonyl (C=O) groups excluding carboxylic acids is 3. The summed E-state index contributed by atoms with van der Waals surface area (Å²) in [5.41, 5.74) is 2.89. The zero-order valence-electron chi connectivity index (χ0n) is 21.2. The van der Waals surface area contributed by atoms with E-state index >= 15 is 0 Å². The summed E-state index contributed by atoms with van der Waals surface area (Å²) in [7, 11) is 3.12. The fraction of sp³-hybridized carbons (Fsp3) is 0.321. The van der Waals surface area contributed by atoms with Crippen LogP contribution >= 0.6 is 0 Å². The quantitative estimate of drug-likeness (QED) is 0.412. The molecule has 194 valence electrons. The lowest BCUT2D eigenvalue weighted by Gasteiger charge is -2.27. The van der Waals surface area contributed by atoms with E-state index < -0.39 is 0 Å². The lowest BCUT2D eigenvalue weighted by atomic mass is 10.1. The van der Waals surface area contributed by atoms with Crippen LogP contribution in [0.5, 0.6) is 11.5 Å². The smallest absolute Gasteiger partial charge is 0.265 e. The summed E-state index contributed by atoms with van der Waals surface area (Å²) >= 11 is 0. The van der Waals surface area contributed by atoms with Gasteiger partial charge in [0.1, 0.15) is 11.5 Å². The molecule has 0 atom stereocenters. The van der Waals surface area contributed by atoms with Crippen LogP contribution in [0.15, 0.2) is 54.7 Å². The lowest BCUT2D eigenvalue weighted by molar-refractivity contribution is -0.155. The van der Waals surface area contributed by atoms with Crippen LogP contribution in [0.4, 0.5) is 0 Å². The molecule has 0 radical (unpaired) electrons. The molecule has 2 aromatic carbocycles. The van der Waals surface area contributed by atoms with Crippen LogP contribution in [0.25, 0.3) is 17.0 Å². The Hall–Kier alpha value is -4.27. The third-order valence-corrected chi connectivity index (χ3v) is 6.37. The Morgan fingerprint density at radius 1 is 1.03 bits per heavy atom. The highest BCUT2D eigenvalue weighted by Gasteiger charge is 2.29. The Labute approximate surface area is 216 Å². The highest BCUT2D eigenvalue weighted by atomic mass is 16.5. The highest BCUT2D eigenvalue weighted by Crippen LogP contribution is 2.25. The minimum atomic E-state index is -0.307. The molecule has 1 aliphatic rings. The number of H-pyrrole nitrogens is 1. The van der Waals surface area contributed by atoms with E-state index in [9.17, 15) is 14.4 Å². The molecule has 1 fully saturated rings. The molecular weight excluding hydrogens is 472 g/mol. The predicted octanol–water partition coefficient (Wildman–Crippen LogP) is 3.31. The van der Waals surface area contributed by atoms with Crippen molar-refractivity contribution in [1.29, 1.82) is 0 Å². The topological polar surface area (TPSA) is 104 Å². The molecule has 0 unspecified atom stereocenters. The van der Waals surface area contributed by atoms with E-state index in [-0.39, 0.29) is 30.6 Å². The van der Waals surface area contributed by atoms with Crippen molar-refractivity contribution in [3.63, 3.8) is 0 Å². The van der Waals surface area contributed by atoms with E-state index in [4.69, 9.17) is 9.47 Å². The zero-order valence-corrected chi connectivity index (χ0v) is 21.2. The third kappa shape index (κ3) is 6.30. The van der Waals surface area contributed by atoms with Gasteiger partial charge in [-0.2, -0.15) is 0 Å². The number of para-hydroxylation sites is 1. The van der Waals surface area contributed by atoms with Crippen LogP contribution in [0.2, 0.25) is 0 Å². The molecule has 37 heavy (non-hydrogen) atoms. The number of hydrogen-bond acceptors (Lipinski definition) is 5.